The lowest BCUT2D eigenvalue weighted by Gasteiger charge is -2.31. The van der Waals surface area contributed by atoms with Crippen molar-refractivity contribution in [1.82, 2.24) is 9.97 Å². The molecule has 0 spiro atoms. The summed E-state index contributed by atoms with van der Waals surface area (Å²) in [6.45, 7) is 8.03. The molecule has 0 amide bonds. The highest BCUT2D eigenvalue weighted by Gasteiger charge is 2.22. The van der Waals surface area contributed by atoms with Crippen LogP contribution in [0.1, 0.15) is 31.9 Å². The average molecular weight is 297 g/mol. The Bertz CT molecular complexity index is 675. The Hall–Kier alpha value is -2.30. The van der Waals surface area contributed by atoms with Crippen molar-refractivity contribution >= 4 is 17.3 Å². The van der Waals surface area contributed by atoms with E-state index in [0.717, 1.165) is 25.3 Å². The largest absolute Gasteiger partial charge is 0.393 e. The molecule has 3 N–H and O–H groups in total. The number of rotatable bonds is 2. The van der Waals surface area contributed by atoms with Crippen molar-refractivity contribution < 1.29 is 0 Å². The van der Waals surface area contributed by atoms with Crippen LogP contribution in [0.2, 0.25) is 0 Å². The zero-order valence-electron chi connectivity index (χ0n) is 13.4. The van der Waals surface area contributed by atoms with Gasteiger partial charge in [0.25, 0.3) is 0 Å². The van der Waals surface area contributed by atoms with Gasteiger partial charge in [-0.05, 0) is 38.3 Å². The van der Waals surface area contributed by atoms with Gasteiger partial charge in [-0.3, -0.25) is 0 Å². The summed E-state index contributed by atoms with van der Waals surface area (Å²) in [7, 11) is 0. The van der Waals surface area contributed by atoms with Crippen molar-refractivity contribution in [2.75, 3.05) is 22.5 Å². The first kappa shape index (κ1) is 14.6. The molecule has 22 heavy (non-hydrogen) atoms. The van der Waals surface area contributed by atoms with E-state index in [1.165, 1.54) is 11.1 Å². The first-order valence-electron chi connectivity index (χ1n) is 7.64. The van der Waals surface area contributed by atoms with E-state index < -0.39 is 0 Å². The van der Waals surface area contributed by atoms with Gasteiger partial charge in [0.2, 0.25) is 0 Å². The standard InChI is InChI=1S/C17H23N5/c1-17(2,3)21-15-14(18)16(20-11-19-15)22-9-8-12-6-4-5-7-13(12)10-22/h4-7,11H,8-10,18H2,1-3H3,(H,19,20,21). The van der Waals surface area contributed by atoms with Crippen LogP contribution in [0.4, 0.5) is 17.3 Å². The third-order valence-corrected chi connectivity index (χ3v) is 3.79. The van der Waals surface area contributed by atoms with Gasteiger partial charge in [-0.15, -0.1) is 0 Å². The number of aromatic nitrogens is 2. The van der Waals surface area contributed by atoms with Crippen LogP contribution in [-0.2, 0) is 13.0 Å². The van der Waals surface area contributed by atoms with Crippen LogP contribution in [-0.4, -0.2) is 22.1 Å². The highest BCUT2D eigenvalue weighted by Crippen LogP contribution is 2.31. The molecular weight excluding hydrogens is 274 g/mol. The number of nitrogens with zero attached hydrogens (tertiary/aromatic N) is 3. The Labute approximate surface area is 131 Å². The summed E-state index contributed by atoms with van der Waals surface area (Å²) in [5, 5.41) is 3.35. The molecule has 1 aliphatic heterocycles. The number of nitrogens with two attached hydrogens (primary N) is 1. The summed E-state index contributed by atoms with van der Waals surface area (Å²) >= 11 is 0. The van der Waals surface area contributed by atoms with Crippen molar-refractivity contribution in [2.24, 2.45) is 0 Å². The van der Waals surface area contributed by atoms with Crippen LogP contribution >= 0.6 is 0 Å². The number of anilines is 3. The lowest BCUT2D eigenvalue weighted by Crippen LogP contribution is -2.33. The number of nitrogen functional groups attached to an aromatic ring is 1. The summed E-state index contributed by atoms with van der Waals surface area (Å²) in [5.41, 5.74) is 9.61. The van der Waals surface area contributed by atoms with Crippen LogP contribution in [0, 0.1) is 0 Å². The molecule has 0 aliphatic carbocycles. The second-order valence-corrected chi connectivity index (χ2v) is 6.77. The fraction of sp³-hybridized carbons (Fsp3) is 0.412. The van der Waals surface area contributed by atoms with Crippen LogP contribution in [0.15, 0.2) is 30.6 Å². The smallest absolute Gasteiger partial charge is 0.157 e. The van der Waals surface area contributed by atoms with Gasteiger partial charge in [0.1, 0.15) is 12.0 Å². The zero-order valence-corrected chi connectivity index (χ0v) is 13.4. The summed E-state index contributed by atoms with van der Waals surface area (Å²) in [6.07, 6.45) is 2.60. The Morgan fingerprint density at radius 1 is 1.14 bits per heavy atom. The molecule has 0 bridgehead atoms. The number of benzene rings is 1. The normalized spacial score (nSPS) is 14.6. The van der Waals surface area contributed by atoms with Crippen molar-refractivity contribution in [1.29, 1.82) is 0 Å². The second-order valence-electron chi connectivity index (χ2n) is 6.77. The molecule has 0 unspecified atom stereocenters. The molecule has 2 heterocycles. The van der Waals surface area contributed by atoms with Crippen molar-refractivity contribution in [3.8, 4) is 0 Å². The monoisotopic (exact) mass is 297 g/mol. The highest BCUT2D eigenvalue weighted by molar-refractivity contribution is 5.75. The predicted molar refractivity (Wildman–Crippen MR) is 91.0 cm³/mol. The molecule has 1 aromatic heterocycles. The fourth-order valence-electron chi connectivity index (χ4n) is 2.77. The number of hydrogen-bond acceptors (Lipinski definition) is 5. The summed E-state index contributed by atoms with van der Waals surface area (Å²) in [6, 6.07) is 8.55. The van der Waals surface area contributed by atoms with Crippen LogP contribution in [0.25, 0.3) is 0 Å². The summed E-state index contributed by atoms with van der Waals surface area (Å²) in [5.74, 6) is 1.52. The Balaban J connectivity index is 1.89. The predicted octanol–water partition coefficient (Wildman–Crippen LogP) is 2.83. The summed E-state index contributed by atoms with van der Waals surface area (Å²) < 4.78 is 0. The van der Waals surface area contributed by atoms with Gasteiger partial charge in [-0.2, -0.15) is 0 Å². The Kier molecular flexibility index (Phi) is 3.64. The zero-order chi connectivity index (χ0) is 15.7. The first-order chi connectivity index (χ1) is 10.4. The quantitative estimate of drug-likeness (QED) is 0.892. The molecule has 0 saturated heterocycles. The molecule has 3 rings (SSSR count). The molecule has 2 aromatic rings. The first-order valence-corrected chi connectivity index (χ1v) is 7.64. The molecule has 5 heteroatoms. The molecular formula is C17H23N5. The topological polar surface area (TPSA) is 67.1 Å². The lowest BCUT2D eigenvalue weighted by molar-refractivity contribution is 0.630. The van der Waals surface area contributed by atoms with Crippen molar-refractivity contribution in [3.05, 3.63) is 41.7 Å². The molecule has 0 saturated carbocycles. The van der Waals surface area contributed by atoms with Gasteiger partial charge >= 0.3 is 0 Å². The minimum absolute atomic E-state index is 0.0890. The SMILES string of the molecule is CC(C)(C)Nc1ncnc(N2CCc3ccccc3C2)c1N. The van der Waals surface area contributed by atoms with Crippen molar-refractivity contribution in [2.45, 2.75) is 39.3 Å². The van der Waals surface area contributed by atoms with Crippen LogP contribution in [0.3, 0.4) is 0 Å². The van der Waals surface area contributed by atoms with Gasteiger partial charge in [0.05, 0.1) is 0 Å². The molecule has 5 nitrogen and oxygen atoms in total. The Morgan fingerprint density at radius 2 is 1.86 bits per heavy atom. The van der Waals surface area contributed by atoms with Gasteiger partial charge in [-0.1, -0.05) is 24.3 Å². The van der Waals surface area contributed by atoms with Gasteiger partial charge in [-0.25, -0.2) is 9.97 Å². The highest BCUT2D eigenvalue weighted by atomic mass is 15.2. The van der Waals surface area contributed by atoms with Gasteiger partial charge in [0, 0.05) is 18.6 Å². The molecule has 0 atom stereocenters. The average Bonchev–Trinajstić information content (AvgIpc) is 2.48. The maximum atomic E-state index is 6.31. The minimum Gasteiger partial charge on any atom is -0.393 e. The van der Waals surface area contributed by atoms with Gasteiger partial charge in [0.15, 0.2) is 11.6 Å². The third kappa shape index (κ3) is 2.98. The number of hydrogen-bond donors (Lipinski definition) is 2. The van der Waals surface area contributed by atoms with E-state index in [-0.39, 0.29) is 5.54 Å². The maximum Gasteiger partial charge on any atom is 0.157 e. The Morgan fingerprint density at radius 3 is 2.59 bits per heavy atom. The van der Waals surface area contributed by atoms with E-state index in [2.05, 4.69) is 65.2 Å². The van der Waals surface area contributed by atoms with E-state index in [9.17, 15) is 0 Å². The fourth-order valence-corrected chi connectivity index (χ4v) is 2.77. The second kappa shape index (κ2) is 5.48. The van der Waals surface area contributed by atoms with Gasteiger partial charge < -0.3 is 16.0 Å². The molecule has 0 radical (unpaired) electrons. The van der Waals surface area contributed by atoms with E-state index in [0.29, 0.717) is 11.5 Å². The maximum absolute atomic E-state index is 6.31. The molecule has 116 valence electrons. The lowest BCUT2D eigenvalue weighted by atomic mass is 10.00. The molecule has 0 fully saturated rings. The number of fused-ring (bicyclic) bond motifs is 1. The number of nitrogens with one attached hydrogen (secondary N) is 1. The summed E-state index contributed by atoms with van der Waals surface area (Å²) in [4.78, 5) is 10.9. The van der Waals surface area contributed by atoms with E-state index in [1.807, 2.05) is 0 Å². The minimum atomic E-state index is -0.0890. The third-order valence-electron chi connectivity index (χ3n) is 3.79. The van der Waals surface area contributed by atoms with E-state index in [1.54, 1.807) is 6.33 Å². The van der Waals surface area contributed by atoms with E-state index >= 15 is 0 Å². The van der Waals surface area contributed by atoms with Crippen LogP contribution < -0.4 is 16.0 Å². The molecule has 1 aromatic carbocycles. The van der Waals surface area contributed by atoms with Crippen LogP contribution in [0.5, 0.6) is 0 Å². The van der Waals surface area contributed by atoms with E-state index in [4.69, 9.17) is 5.73 Å². The molecule has 1 aliphatic rings. The van der Waals surface area contributed by atoms with Crippen molar-refractivity contribution in [3.63, 3.8) is 0 Å².